The molecule has 0 fully saturated rings. The Kier molecular flexibility index (Phi) is 6.98. The molecule has 3 aromatic rings. The van der Waals surface area contributed by atoms with E-state index in [-0.39, 0.29) is 29.3 Å². The predicted octanol–water partition coefficient (Wildman–Crippen LogP) is 5.27. The summed E-state index contributed by atoms with van der Waals surface area (Å²) in [7, 11) is 2.84. The molecule has 0 aliphatic rings. The van der Waals surface area contributed by atoms with Gasteiger partial charge in [0.25, 0.3) is 5.91 Å². The van der Waals surface area contributed by atoms with Crippen LogP contribution in [0.4, 0.5) is 17.6 Å². The summed E-state index contributed by atoms with van der Waals surface area (Å²) in [5.74, 6) is -0.671. The van der Waals surface area contributed by atoms with Gasteiger partial charge in [0.15, 0.2) is 5.60 Å². The van der Waals surface area contributed by atoms with Crippen LogP contribution in [-0.4, -0.2) is 41.9 Å². The van der Waals surface area contributed by atoms with E-state index in [2.05, 4.69) is 10.3 Å². The first-order chi connectivity index (χ1) is 15.9. The van der Waals surface area contributed by atoms with Crippen LogP contribution in [0.15, 0.2) is 42.5 Å². The zero-order valence-electron chi connectivity index (χ0n) is 19.4. The molecule has 0 aliphatic heterocycles. The Morgan fingerprint density at radius 3 is 2.44 bits per heavy atom. The number of aliphatic hydroxyl groups is 1. The number of hydrogen-bond acceptors (Lipinski definition) is 3. The van der Waals surface area contributed by atoms with Crippen LogP contribution in [-0.2, 0) is 11.8 Å². The van der Waals surface area contributed by atoms with Crippen LogP contribution < -0.4 is 10.1 Å². The van der Waals surface area contributed by atoms with Crippen molar-refractivity contribution in [3.63, 3.8) is 0 Å². The van der Waals surface area contributed by atoms with E-state index in [1.54, 1.807) is 32.0 Å². The van der Waals surface area contributed by atoms with Crippen LogP contribution in [0.1, 0.15) is 48.3 Å². The average molecular weight is 481 g/mol. The van der Waals surface area contributed by atoms with Gasteiger partial charge < -0.3 is 20.1 Å². The van der Waals surface area contributed by atoms with Crippen molar-refractivity contribution in [1.82, 2.24) is 10.3 Å². The molecule has 3 rings (SSSR count). The van der Waals surface area contributed by atoms with Crippen LogP contribution in [0.25, 0.3) is 10.9 Å². The molecule has 0 aliphatic carbocycles. The number of H-pyrrole nitrogens is 1. The van der Waals surface area contributed by atoms with E-state index >= 15 is 0 Å². The summed E-state index contributed by atoms with van der Waals surface area (Å²) in [6.45, 7) is 3.24. The van der Waals surface area contributed by atoms with Gasteiger partial charge in [-0.2, -0.15) is 13.2 Å². The topological polar surface area (TPSA) is 74.4 Å². The molecule has 9 heteroatoms. The number of halogens is 4. The zero-order chi connectivity index (χ0) is 25.3. The number of nitrogens with one attached hydrogen (secondary N) is 2. The number of ether oxygens (including phenoxy) is 1. The zero-order valence-corrected chi connectivity index (χ0v) is 19.4. The van der Waals surface area contributed by atoms with Crippen LogP contribution in [0.3, 0.4) is 0 Å². The standard InChI is InChI=1S/C25H28F4N2O3/c1-5-23(2,19-12-17(26)7-9-21(19)34-4)14-24(33,25(27,28)29)13-18-11-16-10-15(22(32)30-3)6-8-20(16)31-18/h6-12,31,33H,5,13-14H2,1-4H3,(H,30,32). The van der Waals surface area contributed by atoms with Crippen LogP contribution >= 0.6 is 0 Å². The van der Waals surface area contributed by atoms with Gasteiger partial charge in [0, 0.05) is 41.2 Å². The van der Waals surface area contributed by atoms with Gasteiger partial charge in [-0.3, -0.25) is 4.79 Å². The van der Waals surface area contributed by atoms with Gasteiger partial charge in [-0.05, 0) is 60.7 Å². The maximum absolute atomic E-state index is 14.3. The van der Waals surface area contributed by atoms with Crippen LogP contribution in [0, 0.1) is 5.82 Å². The Hall–Kier alpha value is -3.07. The molecule has 2 atom stereocenters. The van der Waals surface area contributed by atoms with E-state index in [1.165, 1.54) is 32.4 Å². The molecule has 34 heavy (non-hydrogen) atoms. The Morgan fingerprint density at radius 1 is 1.15 bits per heavy atom. The first kappa shape index (κ1) is 25.6. The van der Waals surface area contributed by atoms with E-state index in [1.807, 2.05) is 0 Å². The van der Waals surface area contributed by atoms with Crippen LogP contribution in [0.2, 0.25) is 0 Å². The van der Waals surface area contributed by atoms with Gasteiger partial charge in [0.1, 0.15) is 11.6 Å². The van der Waals surface area contributed by atoms with Crippen molar-refractivity contribution in [3.05, 3.63) is 65.1 Å². The lowest BCUT2D eigenvalue weighted by Crippen LogP contribution is -2.51. The number of fused-ring (bicyclic) bond motifs is 1. The summed E-state index contributed by atoms with van der Waals surface area (Å²) in [4.78, 5) is 14.8. The van der Waals surface area contributed by atoms with E-state index < -0.39 is 35.9 Å². The van der Waals surface area contributed by atoms with E-state index in [9.17, 15) is 27.5 Å². The SMILES string of the molecule is CCC(C)(CC(O)(Cc1cc2cc(C(=O)NC)ccc2[nH]1)C(F)(F)F)c1cc(F)ccc1OC. The summed E-state index contributed by atoms with van der Waals surface area (Å²) in [5, 5.41) is 14.1. The molecule has 1 aromatic heterocycles. The molecule has 2 aromatic carbocycles. The molecule has 3 N–H and O–H groups in total. The third-order valence-corrected chi connectivity index (χ3v) is 6.45. The van der Waals surface area contributed by atoms with Crippen molar-refractivity contribution < 1.29 is 32.2 Å². The maximum Gasteiger partial charge on any atom is 0.417 e. The number of amides is 1. The van der Waals surface area contributed by atoms with Crippen molar-refractivity contribution in [2.45, 2.75) is 50.3 Å². The van der Waals surface area contributed by atoms with Gasteiger partial charge in [-0.1, -0.05) is 13.8 Å². The summed E-state index contributed by atoms with van der Waals surface area (Å²) < 4.78 is 62.2. The van der Waals surface area contributed by atoms with Crippen molar-refractivity contribution in [2.75, 3.05) is 14.2 Å². The molecule has 1 heterocycles. The molecule has 0 bridgehead atoms. The second-order valence-electron chi connectivity index (χ2n) is 8.82. The second kappa shape index (κ2) is 9.29. The largest absolute Gasteiger partial charge is 0.496 e. The molecular weight excluding hydrogens is 452 g/mol. The number of methoxy groups -OCH3 is 1. The number of aromatic nitrogens is 1. The molecule has 0 radical (unpaired) electrons. The summed E-state index contributed by atoms with van der Waals surface area (Å²) >= 11 is 0. The summed E-state index contributed by atoms with van der Waals surface area (Å²) in [5.41, 5.74) is -3.03. The normalized spacial score (nSPS) is 15.6. The van der Waals surface area contributed by atoms with Crippen molar-refractivity contribution >= 4 is 16.8 Å². The van der Waals surface area contributed by atoms with Crippen molar-refractivity contribution in [2.24, 2.45) is 0 Å². The Morgan fingerprint density at radius 2 is 1.85 bits per heavy atom. The minimum atomic E-state index is -4.96. The molecule has 0 spiro atoms. The minimum Gasteiger partial charge on any atom is -0.496 e. The molecular formula is C25H28F4N2O3. The predicted molar refractivity (Wildman–Crippen MR) is 122 cm³/mol. The minimum absolute atomic E-state index is 0.161. The van der Waals surface area contributed by atoms with Gasteiger partial charge in [0.05, 0.1) is 7.11 Å². The monoisotopic (exact) mass is 480 g/mol. The Bertz CT molecular complexity index is 1190. The smallest absolute Gasteiger partial charge is 0.417 e. The summed E-state index contributed by atoms with van der Waals surface area (Å²) in [6.07, 6.45) is -6.21. The lowest BCUT2D eigenvalue weighted by molar-refractivity contribution is -0.267. The van der Waals surface area contributed by atoms with Gasteiger partial charge in [-0.15, -0.1) is 0 Å². The highest BCUT2D eigenvalue weighted by Crippen LogP contribution is 2.46. The first-order valence-corrected chi connectivity index (χ1v) is 10.8. The fraction of sp³-hybridized carbons (Fsp3) is 0.400. The number of carbonyl (C=O) groups is 1. The highest BCUT2D eigenvalue weighted by molar-refractivity contribution is 5.98. The summed E-state index contributed by atoms with van der Waals surface area (Å²) in [6, 6.07) is 9.91. The van der Waals surface area contributed by atoms with E-state index in [4.69, 9.17) is 4.74 Å². The number of aromatic amines is 1. The maximum atomic E-state index is 14.3. The molecule has 0 saturated carbocycles. The highest BCUT2D eigenvalue weighted by atomic mass is 19.4. The van der Waals surface area contributed by atoms with E-state index in [0.29, 0.717) is 16.5 Å². The van der Waals surface area contributed by atoms with E-state index in [0.717, 1.165) is 6.07 Å². The van der Waals surface area contributed by atoms with Crippen molar-refractivity contribution in [3.8, 4) is 5.75 Å². The van der Waals surface area contributed by atoms with Gasteiger partial charge in [0.2, 0.25) is 0 Å². The number of carbonyl (C=O) groups excluding carboxylic acids is 1. The number of benzene rings is 2. The van der Waals surface area contributed by atoms with Gasteiger partial charge in [-0.25, -0.2) is 4.39 Å². The average Bonchev–Trinajstić information content (AvgIpc) is 3.18. The van der Waals surface area contributed by atoms with Gasteiger partial charge >= 0.3 is 6.18 Å². The highest BCUT2D eigenvalue weighted by Gasteiger charge is 2.56. The number of rotatable bonds is 8. The molecule has 2 unspecified atom stereocenters. The first-order valence-electron chi connectivity index (χ1n) is 10.8. The molecule has 0 saturated heterocycles. The fourth-order valence-electron chi connectivity index (χ4n) is 4.36. The Balaban J connectivity index is 2.02. The lowest BCUT2D eigenvalue weighted by atomic mass is 9.70. The second-order valence-corrected chi connectivity index (χ2v) is 8.82. The Labute approximate surface area is 195 Å². The molecule has 1 amide bonds. The quantitative estimate of drug-likeness (QED) is 0.385. The van der Waals surface area contributed by atoms with Crippen molar-refractivity contribution in [1.29, 1.82) is 0 Å². The number of alkyl halides is 3. The fourth-order valence-corrected chi connectivity index (χ4v) is 4.36. The third-order valence-electron chi connectivity index (χ3n) is 6.45. The third kappa shape index (κ3) is 4.89. The molecule has 5 nitrogen and oxygen atoms in total. The van der Waals surface area contributed by atoms with Crippen LogP contribution in [0.5, 0.6) is 5.75 Å². The molecule has 184 valence electrons. The lowest BCUT2D eigenvalue weighted by Gasteiger charge is -2.40. The number of hydrogen-bond donors (Lipinski definition) is 3.